The zero-order chi connectivity index (χ0) is 21.6. The molecule has 2 bridgehead atoms. The Kier molecular flexibility index (Phi) is 4.62. The van der Waals surface area contributed by atoms with Crippen molar-refractivity contribution in [1.82, 2.24) is 19.7 Å². The van der Waals surface area contributed by atoms with Crippen LogP contribution < -0.4 is 10.5 Å². The first-order valence-electron chi connectivity index (χ1n) is 9.23. The number of carbonyl (C=O) groups is 1. The number of aromatic nitrogens is 3. The van der Waals surface area contributed by atoms with Crippen molar-refractivity contribution in [3.05, 3.63) is 58.8 Å². The Morgan fingerprint density at radius 2 is 2.10 bits per heavy atom. The molecule has 3 heterocycles. The number of benzene rings is 1. The van der Waals surface area contributed by atoms with E-state index in [9.17, 15) is 14.4 Å². The number of hydrogen-bond acceptors (Lipinski definition) is 6. The number of pyridine rings is 1. The van der Waals surface area contributed by atoms with E-state index in [1.54, 1.807) is 27.1 Å². The van der Waals surface area contributed by atoms with Crippen molar-refractivity contribution in [3.8, 4) is 22.9 Å². The maximum Gasteiger partial charge on any atom is 0.254 e. The second-order valence-corrected chi connectivity index (χ2v) is 7.17. The summed E-state index contributed by atoms with van der Waals surface area (Å²) in [4.78, 5) is 18.8. The van der Waals surface area contributed by atoms with E-state index in [4.69, 9.17) is 10.5 Å². The summed E-state index contributed by atoms with van der Waals surface area (Å²) in [5, 5.41) is 14.1. The third kappa shape index (κ3) is 3.12. The van der Waals surface area contributed by atoms with Gasteiger partial charge in [-0.2, -0.15) is 10.4 Å². The van der Waals surface area contributed by atoms with Crippen LogP contribution in [0.1, 0.15) is 40.3 Å². The molecule has 2 N–H and O–H groups in total. The zero-order valence-corrected chi connectivity index (χ0v) is 16.7. The minimum Gasteiger partial charge on any atom is -0.482 e. The molecular weight excluding hydrogens is 386 g/mol. The first-order chi connectivity index (χ1) is 14.3. The second-order valence-electron chi connectivity index (χ2n) is 7.17. The molecule has 1 aromatic carbocycles. The van der Waals surface area contributed by atoms with Crippen LogP contribution in [0.2, 0.25) is 0 Å². The van der Waals surface area contributed by atoms with Gasteiger partial charge in [0.15, 0.2) is 11.6 Å². The third-order valence-corrected chi connectivity index (χ3v) is 5.12. The Labute approximate surface area is 172 Å². The predicted octanol–water partition coefficient (Wildman–Crippen LogP) is 2.80. The molecule has 9 heteroatoms. The van der Waals surface area contributed by atoms with Crippen LogP contribution in [0.5, 0.6) is 5.75 Å². The number of nitrogens with two attached hydrogens (primary N) is 1. The number of carbonyl (C=O) groups excluding carboxylic acids is 1. The molecule has 1 aliphatic rings. The molecule has 0 saturated carbocycles. The van der Waals surface area contributed by atoms with Gasteiger partial charge in [-0.3, -0.25) is 9.48 Å². The molecular formula is C21H19FN6O2. The van der Waals surface area contributed by atoms with E-state index in [1.165, 1.54) is 34.0 Å². The fourth-order valence-electron chi connectivity index (χ4n) is 3.63. The number of nitriles is 1. The normalized spacial score (nSPS) is 15.9. The number of halogens is 1. The van der Waals surface area contributed by atoms with Gasteiger partial charge in [0.05, 0.1) is 12.2 Å². The SMILES string of the molecule is C[C@H]1Oc2cc(cnc2N)-c2c(nn(C)c2C#N)CN(C)C(=O)c2ccc([18F])cc21. The molecule has 1 amide bonds. The molecule has 1 aliphatic heterocycles. The molecule has 0 radical (unpaired) electrons. The number of rotatable bonds is 0. The highest BCUT2D eigenvalue weighted by molar-refractivity contribution is 5.95. The summed E-state index contributed by atoms with van der Waals surface area (Å²) in [7, 11) is 3.29. The lowest BCUT2D eigenvalue weighted by Crippen LogP contribution is -2.28. The highest BCUT2D eigenvalue weighted by Crippen LogP contribution is 2.35. The number of nitrogen functional groups attached to an aromatic ring is 1. The number of fused-ring (bicyclic) bond motifs is 5. The molecule has 0 spiro atoms. The van der Waals surface area contributed by atoms with Gasteiger partial charge in [0.2, 0.25) is 0 Å². The maximum absolute atomic E-state index is 14.0. The first kappa shape index (κ1) is 19.4. The van der Waals surface area contributed by atoms with E-state index >= 15 is 0 Å². The Bertz CT molecular complexity index is 1210. The maximum atomic E-state index is 14.0. The fraction of sp³-hybridized carbons (Fsp3) is 0.238. The van der Waals surface area contributed by atoms with Gasteiger partial charge in [-0.15, -0.1) is 0 Å². The molecule has 30 heavy (non-hydrogen) atoms. The van der Waals surface area contributed by atoms with E-state index in [0.717, 1.165) is 0 Å². The van der Waals surface area contributed by atoms with Crippen LogP contribution >= 0.6 is 0 Å². The zero-order valence-electron chi connectivity index (χ0n) is 16.7. The lowest BCUT2D eigenvalue weighted by molar-refractivity contribution is 0.0778. The Morgan fingerprint density at radius 1 is 1.33 bits per heavy atom. The van der Waals surface area contributed by atoms with Gasteiger partial charge in [0.25, 0.3) is 5.91 Å². The topological polar surface area (TPSA) is 110 Å². The Morgan fingerprint density at radius 3 is 2.83 bits per heavy atom. The summed E-state index contributed by atoms with van der Waals surface area (Å²) in [5.74, 6) is -0.369. The highest BCUT2D eigenvalue weighted by Gasteiger charge is 2.26. The molecule has 3 aromatic rings. The number of anilines is 1. The Balaban J connectivity index is 1.98. The number of hydrogen-bond donors (Lipinski definition) is 1. The third-order valence-electron chi connectivity index (χ3n) is 5.12. The molecule has 152 valence electrons. The standard InChI is InChI=1S/C21H19FN6O2/c1-11-15-7-13(22)4-5-14(15)21(29)27(2)10-16-19(17(8-23)28(3)26-16)12-6-18(30-11)20(24)25-9-12/h4-7,9,11H,10H2,1-3H3,(H2,24,25)/t11-/m1/s1/i22-1. The van der Waals surface area contributed by atoms with Gasteiger partial charge in [-0.25, -0.2) is 9.37 Å². The number of ether oxygens (including phenoxy) is 1. The lowest BCUT2D eigenvalue weighted by atomic mass is 10.00. The van der Waals surface area contributed by atoms with Gasteiger partial charge in [0, 0.05) is 42.5 Å². The average molecular weight is 405 g/mol. The molecule has 0 fully saturated rings. The van der Waals surface area contributed by atoms with Crippen LogP contribution in [0, 0.1) is 17.1 Å². The number of nitrogens with zero attached hydrogens (tertiary/aromatic N) is 5. The van der Waals surface area contributed by atoms with Crippen LogP contribution in [0.3, 0.4) is 0 Å². The van der Waals surface area contributed by atoms with Crippen LogP contribution in [0.4, 0.5) is 10.2 Å². The van der Waals surface area contributed by atoms with E-state index in [1.807, 2.05) is 0 Å². The van der Waals surface area contributed by atoms with Crippen molar-refractivity contribution >= 4 is 11.7 Å². The number of amides is 1. The summed E-state index contributed by atoms with van der Waals surface area (Å²) >= 11 is 0. The average Bonchev–Trinajstić information content (AvgIpc) is 3.03. The van der Waals surface area contributed by atoms with Gasteiger partial charge in [0.1, 0.15) is 23.7 Å². The highest BCUT2D eigenvalue weighted by atomic mass is 18.2. The van der Waals surface area contributed by atoms with Crippen molar-refractivity contribution < 1.29 is 13.9 Å². The first-order valence-corrected chi connectivity index (χ1v) is 9.23. The summed E-state index contributed by atoms with van der Waals surface area (Å²) in [5.41, 5.74) is 8.72. The van der Waals surface area contributed by atoms with Crippen molar-refractivity contribution in [2.24, 2.45) is 7.05 Å². The fourth-order valence-corrected chi connectivity index (χ4v) is 3.63. The smallest absolute Gasteiger partial charge is 0.254 e. The molecule has 4 rings (SSSR count). The second kappa shape index (κ2) is 7.15. The molecule has 2 aromatic heterocycles. The van der Waals surface area contributed by atoms with Crippen LogP contribution in [-0.2, 0) is 13.6 Å². The monoisotopic (exact) mass is 405 g/mol. The van der Waals surface area contributed by atoms with Crippen molar-refractivity contribution in [1.29, 1.82) is 5.26 Å². The van der Waals surface area contributed by atoms with Crippen molar-refractivity contribution in [3.63, 3.8) is 0 Å². The van der Waals surface area contributed by atoms with Crippen molar-refractivity contribution in [2.75, 3.05) is 12.8 Å². The summed E-state index contributed by atoms with van der Waals surface area (Å²) in [6.07, 6.45) is 0.866. The minimum atomic E-state index is -0.671. The van der Waals surface area contributed by atoms with Crippen LogP contribution in [-0.4, -0.2) is 32.6 Å². The predicted molar refractivity (Wildman–Crippen MR) is 107 cm³/mol. The molecule has 0 aliphatic carbocycles. The molecule has 8 nitrogen and oxygen atoms in total. The summed E-state index contributed by atoms with van der Waals surface area (Å²) in [6, 6.07) is 7.79. The molecule has 1 atom stereocenters. The van der Waals surface area contributed by atoms with E-state index < -0.39 is 11.9 Å². The van der Waals surface area contributed by atoms with Gasteiger partial charge in [-0.05, 0) is 31.2 Å². The molecule has 0 unspecified atom stereocenters. The lowest BCUT2D eigenvalue weighted by Gasteiger charge is -2.23. The number of aryl methyl sites for hydroxylation is 1. The quantitative estimate of drug-likeness (QED) is 0.616. The van der Waals surface area contributed by atoms with Gasteiger partial charge >= 0.3 is 0 Å². The van der Waals surface area contributed by atoms with E-state index in [-0.39, 0.29) is 24.0 Å². The minimum absolute atomic E-state index is 0.146. The van der Waals surface area contributed by atoms with Crippen LogP contribution in [0.15, 0.2) is 30.5 Å². The Hall–Kier alpha value is -3.93. The van der Waals surface area contributed by atoms with E-state index in [2.05, 4.69) is 16.2 Å². The largest absolute Gasteiger partial charge is 0.482 e. The molecule has 0 saturated heterocycles. The van der Waals surface area contributed by atoms with Gasteiger partial charge < -0.3 is 15.4 Å². The van der Waals surface area contributed by atoms with Crippen molar-refractivity contribution in [2.45, 2.75) is 19.6 Å². The summed E-state index contributed by atoms with van der Waals surface area (Å²) < 4.78 is 21.4. The van der Waals surface area contributed by atoms with E-state index in [0.29, 0.717) is 33.6 Å². The van der Waals surface area contributed by atoms with Crippen LogP contribution in [0.25, 0.3) is 11.1 Å². The van der Waals surface area contributed by atoms with Gasteiger partial charge in [-0.1, -0.05) is 0 Å². The summed E-state index contributed by atoms with van der Waals surface area (Å²) in [6.45, 7) is 1.86.